The molecule has 0 aromatic carbocycles. The highest BCUT2D eigenvalue weighted by molar-refractivity contribution is 9.09. The first kappa shape index (κ1) is 15.4. The van der Waals surface area contributed by atoms with Crippen molar-refractivity contribution in [2.45, 2.75) is 24.1 Å². The van der Waals surface area contributed by atoms with Gasteiger partial charge in [0.2, 0.25) is 10.0 Å². The van der Waals surface area contributed by atoms with Crippen molar-refractivity contribution >= 4 is 35.8 Å². The molecule has 0 aromatic heterocycles. The summed E-state index contributed by atoms with van der Waals surface area (Å²) in [7, 11) is -6.71. The lowest BCUT2D eigenvalue weighted by Gasteiger charge is -2.14. The summed E-state index contributed by atoms with van der Waals surface area (Å²) in [4.78, 5) is 0.361. The van der Waals surface area contributed by atoms with Crippen molar-refractivity contribution in [3.63, 3.8) is 0 Å². The topological polar surface area (TPSA) is 80.3 Å². The number of sulfonamides is 1. The summed E-state index contributed by atoms with van der Waals surface area (Å²) in [5.41, 5.74) is 0. The largest absolute Gasteiger partial charge is 0.229 e. The third-order valence-corrected chi connectivity index (χ3v) is 6.61. The van der Waals surface area contributed by atoms with Crippen LogP contribution in [-0.2, 0) is 19.9 Å². The van der Waals surface area contributed by atoms with E-state index >= 15 is 0 Å². The van der Waals surface area contributed by atoms with E-state index < -0.39 is 19.9 Å². The Labute approximate surface area is 111 Å². The summed E-state index contributed by atoms with van der Waals surface area (Å²) >= 11 is 3.51. The van der Waals surface area contributed by atoms with Crippen LogP contribution in [0.25, 0.3) is 0 Å². The van der Waals surface area contributed by atoms with E-state index in [0.717, 1.165) is 25.5 Å². The second-order valence-electron chi connectivity index (χ2n) is 4.50. The number of halogens is 1. The Bertz CT molecular complexity index is 446. The Hall–Kier alpha value is 0.340. The molecule has 1 fully saturated rings. The van der Waals surface area contributed by atoms with Crippen molar-refractivity contribution in [3.05, 3.63) is 0 Å². The molecule has 1 saturated carbocycles. The maximum absolute atomic E-state index is 11.5. The van der Waals surface area contributed by atoms with E-state index in [1.54, 1.807) is 0 Å². The highest BCUT2D eigenvalue weighted by Gasteiger charge is 2.26. The average Bonchev–Trinajstić information content (AvgIpc) is 2.58. The predicted molar refractivity (Wildman–Crippen MR) is 71.6 cm³/mol. The summed E-state index contributed by atoms with van der Waals surface area (Å²) in [5.74, 6) is -0.376. The van der Waals surface area contributed by atoms with Crippen molar-refractivity contribution in [1.82, 2.24) is 4.72 Å². The zero-order chi connectivity index (χ0) is 13.1. The fourth-order valence-corrected chi connectivity index (χ4v) is 5.26. The summed E-state index contributed by atoms with van der Waals surface area (Å²) in [6.45, 7) is 0.391. The van der Waals surface area contributed by atoms with E-state index in [-0.39, 0.29) is 11.5 Å². The van der Waals surface area contributed by atoms with E-state index in [2.05, 4.69) is 20.7 Å². The minimum atomic E-state index is -3.48. The minimum absolute atomic E-state index is 0.308. The van der Waals surface area contributed by atoms with Gasteiger partial charge in [-0.05, 0) is 18.8 Å². The molecule has 1 rings (SSSR count). The first-order valence-electron chi connectivity index (χ1n) is 5.49. The molecule has 0 aliphatic heterocycles. The third kappa shape index (κ3) is 6.17. The normalized spacial score (nSPS) is 26.2. The quantitative estimate of drug-likeness (QED) is 0.710. The molecule has 0 spiro atoms. The van der Waals surface area contributed by atoms with Gasteiger partial charge in [0.25, 0.3) is 0 Å². The second-order valence-corrected chi connectivity index (χ2v) is 9.87. The molecule has 2 atom stereocenters. The Kier molecular flexibility index (Phi) is 5.42. The number of hydrogen-bond acceptors (Lipinski definition) is 4. The maximum atomic E-state index is 11.5. The molecule has 5 nitrogen and oxygen atoms in total. The van der Waals surface area contributed by atoms with Crippen LogP contribution in [0.1, 0.15) is 19.3 Å². The molecule has 0 saturated heterocycles. The highest BCUT2D eigenvalue weighted by atomic mass is 79.9. The molecule has 1 N–H and O–H groups in total. The van der Waals surface area contributed by atoms with Gasteiger partial charge in [-0.15, -0.1) is 0 Å². The van der Waals surface area contributed by atoms with Gasteiger partial charge in [0.1, 0.15) is 9.84 Å². The lowest BCUT2D eigenvalue weighted by atomic mass is 10.1. The van der Waals surface area contributed by atoms with Crippen LogP contribution in [-0.4, -0.2) is 46.0 Å². The summed E-state index contributed by atoms with van der Waals surface area (Å²) in [6, 6.07) is 0. The smallest absolute Gasteiger partial charge is 0.212 e. The van der Waals surface area contributed by atoms with E-state index in [1.165, 1.54) is 0 Å². The first-order valence-corrected chi connectivity index (χ1v) is 10.1. The lowest BCUT2D eigenvalue weighted by Crippen LogP contribution is -2.34. The van der Waals surface area contributed by atoms with Crippen LogP contribution >= 0.6 is 15.9 Å². The lowest BCUT2D eigenvalue weighted by molar-refractivity contribution is 0.530. The average molecular weight is 348 g/mol. The SMILES string of the molecule is CS(=O)(=O)CCS(=O)(=O)NCC1CCCC1Br. The Morgan fingerprint density at radius 3 is 2.29 bits per heavy atom. The zero-order valence-electron chi connectivity index (χ0n) is 9.72. The van der Waals surface area contributed by atoms with Gasteiger partial charge in [0.15, 0.2) is 0 Å². The molecule has 0 aromatic rings. The summed E-state index contributed by atoms with van der Waals surface area (Å²) < 4.78 is 47.4. The van der Waals surface area contributed by atoms with Gasteiger partial charge in [-0.1, -0.05) is 22.4 Å². The van der Waals surface area contributed by atoms with Crippen molar-refractivity contribution in [2.75, 3.05) is 24.3 Å². The molecule has 0 bridgehead atoms. The van der Waals surface area contributed by atoms with Gasteiger partial charge in [-0.25, -0.2) is 21.6 Å². The number of alkyl halides is 1. The molecule has 1 aliphatic carbocycles. The molecular formula is C9H18BrNO4S2. The Morgan fingerprint density at radius 2 is 1.82 bits per heavy atom. The van der Waals surface area contributed by atoms with E-state index in [4.69, 9.17) is 0 Å². The molecule has 0 heterocycles. The molecule has 17 heavy (non-hydrogen) atoms. The summed E-state index contributed by atoms with van der Waals surface area (Å²) in [6.07, 6.45) is 4.21. The van der Waals surface area contributed by atoms with Crippen LogP contribution in [0, 0.1) is 5.92 Å². The molecular weight excluding hydrogens is 330 g/mol. The monoisotopic (exact) mass is 347 g/mol. The van der Waals surface area contributed by atoms with Crippen LogP contribution in [0.15, 0.2) is 0 Å². The number of hydrogen-bond donors (Lipinski definition) is 1. The van der Waals surface area contributed by atoms with Crippen LogP contribution in [0.4, 0.5) is 0 Å². The molecule has 2 unspecified atom stereocenters. The van der Waals surface area contributed by atoms with Crippen molar-refractivity contribution in [1.29, 1.82) is 0 Å². The van der Waals surface area contributed by atoms with E-state index in [9.17, 15) is 16.8 Å². The highest BCUT2D eigenvalue weighted by Crippen LogP contribution is 2.30. The molecule has 0 radical (unpaired) electrons. The summed E-state index contributed by atoms with van der Waals surface area (Å²) in [5, 5.41) is 0. The molecule has 0 amide bonds. The number of sulfone groups is 1. The van der Waals surface area contributed by atoms with Crippen molar-refractivity contribution in [2.24, 2.45) is 5.92 Å². The maximum Gasteiger partial charge on any atom is 0.212 e. The van der Waals surface area contributed by atoms with Gasteiger partial charge >= 0.3 is 0 Å². The van der Waals surface area contributed by atoms with Gasteiger partial charge in [0.05, 0.1) is 11.5 Å². The molecule has 8 heteroatoms. The predicted octanol–water partition coefficient (Wildman–Crippen LogP) is 0.514. The Morgan fingerprint density at radius 1 is 1.18 bits per heavy atom. The second kappa shape index (κ2) is 5.99. The molecule has 1 aliphatic rings. The van der Waals surface area contributed by atoms with Gasteiger partial charge in [-0.2, -0.15) is 0 Å². The van der Waals surface area contributed by atoms with Gasteiger partial charge in [-0.3, -0.25) is 0 Å². The van der Waals surface area contributed by atoms with Gasteiger partial charge in [0, 0.05) is 17.6 Å². The van der Waals surface area contributed by atoms with Crippen LogP contribution in [0.2, 0.25) is 0 Å². The van der Waals surface area contributed by atoms with Crippen LogP contribution < -0.4 is 4.72 Å². The van der Waals surface area contributed by atoms with Crippen LogP contribution in [0.5, 0.6) is 0 Å². The number of nitrogens with one attached hydrogen (secondary N) is 1. The number of rotatable bonds is 6. The van der Waals surface area contributed by atoms with Crippen molar-refractivity contribution in [3.8, 4) is 0 Å². The van der Waals surface area contributed by atoms with Gasteiger partial charge < -0.3 is 0 Å². The van der Waals surface area contributed by atoms with Crippen LogP contribution in [0.3, 0.4) is 0 Å². The minimum Gasteiger partial charge on any atom is -0.229 e. The third-order valence-electron chi connectivity index (χ3n) is 2.85. The Balaban J connectivity index is 2.39. The van der Waals surface area contributed by atoms with Crippen molar-refractivity contribution < 1.29 is 16.8 Å². The van der Waals surface area contributed by atoms with E-state index in [1.807, 2.05) is 0 Å². The molecule has 102 valence electrons. The first-order chi connectivity index (χ1) is 7.70. The zero-order valence-corrected chi connectivity index (χ0v) is 12.9. The standard InChI is InChI=1S/C9H18BrNO4S2/c1-16(12,13)5-6-17(14,15)11-7-8-3-2-4-9(8)10/h8-9,11H,2-7H2,1H3. The fraction of sp³-hybridized carbons (Fsp3) is 1.00. The van der Waals surface area contributed by atoms with E-state index in [0.29, 0.717) is 17.3 Å². The fourth-order valence-electron chi connectivity index (χ4n) is 1.79.